The first kappa shape index (κ1) is 17.6. The van der Waals surface area contributed by atoms with Crippen LogP contribution in [0.1, 0.15) is 94.7 Å². The highest BCUT2D eigenvalue weighted by molar-refractivity contribution is 5.82. The fourth-order valence-electron chi connectivity index (χ4n) is 4.49. The van der Waals surface area contributed by atoms with Crippen molar-refractivity contribution >= 4 is 6.21 Å². The van der Waals surface area contributed by atoms with Gasteiger partial charge in [0, 0.05) is 18.3 Å². The zero-order chi connectivity index (χ0) is 18.1. The molecular weight excluding hydrogens is 330 g/mol. The third-order valence-corrected chi connectivity index (χ3v) is 6.17. The van der Waals surface area contributed by atoms with Gasteiger partial charge in [0.2, 0.25) is 5.88 Å². The van der Waals surface area contributed by atoms with Crippen LogP contribution in [0, 0.1) is 0 Å². The summed E-state index contributed by atoms with van der Waals surface area (Å²) in [5.41, 5.74) is -0.488. The van der Waals surface area contributed by atoms with E-state index in [0.29, 0.717) is 0 Å². The molecule has 0 bridgehead atoms. The molecule has 1 heterocycles. The van der Waals surface area contributed by atoms with E-state index in [1.165, 1.54) is 21.8 Å². The molecule has 1 aromatic heterocycles. The van der Waals surface area contributed by atoms with E-state index in [2.05, 4.69) is 4.99 Å². The number of hydrogen-bond donors (Lipinski definition) is 1. The summed E-state index contributed by atoms with van der Waals surface area (Å²) in [6.07, 6.45) is 13.6. The first-order chi connectivity index (χ1) is 12.7. The lowest BCUT2D eigenvalue weighted by atomic mass is 9.94. The van der Waals surface area contributed by atoms with Gasteiger partial charge in [0.15, 0.2) is 0 Å². The Kier molecular flexibility index (Phi) is 5.00. The minimum Gasteiger partial charge on any atom is -0.494 e. The summed E-state index contributed by atoms with van der Waals surface area (Å²) in [6, 6.07) is 0.207. The third kappa shape index (κ3) is 3.38. The van der Waals surface area contributed by atoms with Gasteiger partial charge in [-0.3, -0.25) is 18.9 Å². The van der Waals surface area contributed by atoms with Gasteiger partial charge in [0.25, 0.3) is 5.56 Å². The molecule has 1 aromatic rings. The number of aromatic nitrogens is 2. The van der Waals surface area contributed by atoms with Crippen LogP contribution in [-0.4, -0.2) is 26.5 Å². The molecule has 3 fully saturated rings. The van der Waals surface area contributed by atoms with Gasteiger partial charge in [-0.05, 0) is 38.5 Å². The Morgan fingerprint density at radius 3 is 1.88 bits per heavy atom. The van der Waals surface area contributed by atoms with E-state index in [0.717, 1.165) is 70.6 Å². The summed E-state index contributed by atoms with van der Waals surface area (Å²) in [5.74, 6) is -0.177. The van der Waals surface area contributed by atoms with Crippen molar-refractivity contribution in [3.05, 3.63) is 26.4 Å². The summed E-state index contributed by atoms with van der Waals surface area (Å²) in [5, 5.41) is 10.8. The van der Waals surface area contributed by atoms with E-state index in [9.17, 15) is 14.7 Å². The van der Waals surface area contributed by atoms with Crippen LogP contribution in [0.15, 0.2) is 14.6 Å². The fourth-order valence-corrected chi connectivity index (χ4v) is 4.49. The van der Waals surface area contributed by atoms with E-state index >= 15 is 0 Å². The zero-order valence-corrected chi connectivity index (χ0v) is 15.4. The number of hydrogen-bond acceptors (Lipinski definition) is 4. The van der Waals surface area contributed by atoms with Crippen molar-refractivity contribution in [1.82, 2.24) is 9.13 Å². The maximum Gasteiger partial charge on any atom is 0.334 e. The molecule has 4 rings (SSSR count). The largest absolute Gasteiger partial charge is 0.494 e. The Balaban J connectivity index is 1.84. The topological polar surface area (TPSA) is 76.6 Å². The third-order valence-electron chi connectivity index (χ3n) is 6.17. The Hall–Kier alpha value is -1.85. The van der Waals surface area contributed by atoms with Gasteiger partial charge in [0.05, 0.1) is 6.04 Å². The van der Waals surface area contributed by atoms with Gasteiger partial charge in [0.1, 0.15) is 5.56 Å². The maximum absolute atomic E-state index is 13.2. The molecule has 26 heavy (non-hydrogen) atoms. The number of aromatic hydroxyl groups is 1. The number of nitrogens with zero attached hydrogens (tertiary/aromatic N) is 3. The second-order valence-electron chi connectivity index (χ2n) is 8.16. The van der Waals surface area contributed by atoms with Crippen molar-refractivity contribution in [3.63, 3.8) is 0 Å². The quantitative estimate of drug-likeness (QED) is 0.838. The lowest BCUT2D eigenvalue weighted by molar-refractivity contribution is 0.271. The molecule has 0 saturated heterocycles. The Bertz CT molecular complexity index is 792. The lowest BCUT2D eigenvalue weighted by Crippen LogP contribution is -2.45. The molecule has 3 saturated carbocycles. The van der Waals surface area contributed by atoms with Crippen LogP contribution < -0.4 is 11.2 Å². The molecule has 0 atom stereocenters. The minimum absolute atomic E-state index is 0.0141. The summed E-state index contributed by atoms with van der Waals surface area (Å²) < 4.78 is 2.94. The molecule has 0 amide bonds. The van der Waals surface area contributed by atoms with E-state index in [1.54, 1.807) is 0 Å². The molecule has 142 valence electrons. The normalized spacial score (nSPS) is 22.9. The van der Waals surface area contributed by atoms with E-state index < -0.39 is 0 Å². The highest BCUT2D eigenvalue weighted by Crippen LogP contribution is 2.32. The monoisotopic (exact) mass is 359 g/mol. The Morgan fingerprint density at radius 2 is 1.35 bits per heavy atom. The standard InChI is InChI=1S/C20H29N3O3/c24-18-17(13-21-14-11-12-14)19(25)23(16-9-5-2-6-10-16)20(26)22(18)15-7-3-1-4-8-15/h13-16,24H,1-12H2. The average Bonchev–Trinajstić information content (AvgIpc) is 3.48. The van der Waals surface area contributed by atoms with Gasteiger partial charge in [-0.25, -0.2) is 4.79 Å². The lowest BCUT2D eigenvalue weighted by Gasteiger charge is -2.29. The highest BCUT2D eigenvalue weighted by Gasteiger charge is 2.29. The van der Waals surface area contributed by atoms with Crippen LogP contribution in [0.4, 0.5) is 0 Å². The highest BCUT2D eigenvalue weighted by atomic mass is 16.3. The van der Waals surface area contributed by atoms with Crippen molar-refractivity contribution in [2.75, 3.05) is 0 Å². The van der Waals surface area contributed by atoms with Gasteiger partial charge in [-0.2, -0.15) is 0 Å². The molecular formula is C20H29N3O3. The van der Waals surface area contributed by atoms with E-state index in [1.807, 2.05) is 0 Å². The molecule has 0 aromatic carbocycles. The minimum atomic E-state index is -0.365. The van der Waals surface area contributed by atoms with Crippen LogP contribution in [0.2, 0.25) is 0 Å². The summed E-state index contributed by atoms with van der Waals surface area (Å²) in [4.78, 5) is 30.7. The molecule has 3 aliphatic rings. The zero-order valence-electron chi connectivity index (χ0n) is 15.4. The van der Waals surface area contributed by atoms with Crippen molar-refractivity contribution in [3.8, 4) is 5.88 Å². The second-order valence-corrected chi connectivity index (χ2v) is 8.16. The smallest absolute Gasteiger partial charge is 0.334 e. The van der Waals surface area contributed by atoms with E-state index in [4.69, 9.17) is 0 Å². The maximum atomic E-state index is 13.2. The molecule has 1 N–H and O–H groups in total. The second kappa shape index (κ2) is 7.41. The van der Waals surface area contributed by atoms with Crippen LogP contribution in [0.25, 0.3) is 0 Å². The van der Waals surface area contributed by atoms with Gasteiger partial charge in [-0.15, -0.1) is 0 Å². The molecule has 0 spiro atoms. The number of aliphatic imine (C=N–C) groups is 1. The molecule has 0 radical (unpaired) electrons. The average molecular weight is 359 g/mol. The molecule has 0 unspecified atom stereocenters. The van der Waals surface area contributed by atoms with Gasteiger partial charge < -0.3 is 5.11 Å². The van der Waals surface area contributed by atoms with Crippen LogP contribution >= 0.6 is 0 Å². The number of rotatable bonds is 4. The van der Waals surface area contributed by atoms with Crippen LogP contribution in [0.5, 0.6) is 5.88 Å². The molecule has 0 aliphatic heterocycles. The van der Waals surface area contributed by atoms with Crippen molar-refractivity contribution in [2.45, 2.75) is 95.2 Å². The van der Waals surface area contributed by atoms with Gasteiger partial charge in [-0.1, -0.05) is 38.5 Å². The van der Waals surface area contributed by atoms with Crippen LogP contribution in [0.3, 0.4) is 0 Å². The van der Waals surface area contributed by atoms with E-state index in [-0.39, 0.29) is 40.8 Å². The van der Waals surface area contributed by atoms with Gasteiger partial charge >= 0.3 is 5.69 Å². The molecule has 3 aliphatic carbocycles. The van der Waals surface area contributed by atoms with Crippen LogP contribution in [-0.2, 0) is 0 Å². The fraction of sp³-hybridized carbons (Fsp3) is 0.750. The molecule has 6 heteroatoms. The first-order valence-corrected chi connectivity index (χ1v) is 10.3. The molecule has 6 nitrogen and oxygen atoms in total. The SMILES string of the molecule is O=c1c(C=NC2CC2)c(O)n(C2CCCCC2)c(=O)n1C1CCCCC1. The predicted octanol–water partition coefficient (Wildman–Crippen LogP) is 3.31. The summed E-state index contributed by atoms with van der Waals surface area (Å²) in [6.45, 7) is 0. The van der Waals surface area contributed by atoms with Crippen molar-refractivity contribution in [2.24, 2.45) is 4.99 Å². The summed E-state index contributed by atoms with van der Waals surface area (Å²) >= 11 is 0. The first-order valence-electron chi connectivity index (χ1n) is 10.3. The predicted molar refractivity (Wildman–Crippen MR) is 101 cm³/mol. The Labute approximate surface area is 153 Å². The summed E-state index contributed by atoms with van der Waals surface area (Å²) in [7, 11) is 0. The van der Waals surface area contributed by atoms with Crippen molar-refractivity contribution in [1.29, 1.82) is 0 Å². The van der Waals surface area contributed by atoms with Crippen molar-refractivity contribution < 1.29 is 5.11 Å². The Morgan fingerprint density at radius 1 is 0.808 bits per heavy atom.